The fraction of sp³-hybridized carbons (Fsp3) is 0.417. The second-order valence-electron chi connectivity index (χ2n) is 4.43. The first-order valence-corrected chi connectivity index (χ1v) is 7.09. The fourth-order valence-corrected chi connectivity index (χ4v) is 3.49. The molecular formula is C12H12ClN3O2S. The molecule has 1 fully saturated rings. The van der Waals surface area contributed by atoms with E-state index in [0.717, 1.165) is 15.8 Å². The molecule has 1 aliphatic heterocycles. The normalized spacial score (nSPS) is 15.3. The highest BCUT2D eigenvalue weighted by Gasteiger charge is 2.23. The molecule has 0 radical (unpaired) electrons. The van der Waals surface area contributed by atoms with Gasteiger partial charge in [0.1, 0.15) is 16.6 Å². The van der Waals surface area contributed by atoms with Crippen LogP contribution in [-0.2, 0) is 11.3 Å². The lowest BCUT2D eigenvalue weighted by Gasteiger charge is -2.11. The van der Waals surface area contributed by atoms with E-state index in [1.165, 1.54) is 4.88 Å². The first-order chi connectivity index (χ1) is 9.06. The minimum absolute atomic E-state index is 0.321. The van der Waals surface area contributed by atoms with Crippen molar-refractivity contribution in [2.45, 2.75) is 20.4 Å². The van der Waals surface area contributed by atoms with E-state index in [4.69, 9.17) is 16.3 Å². The van der Waals surface area contributed by atoms with Crippen LogP contribution in [-0.4, -0.2) is 34.1 Å². The van der Waals surface area contributed by atoms with Gasteiger partial charge in [-0.25, -0.2) is 14.8 Å². The molecule has 1 saturated heterocycles. The third-order valence-electron chi connectivity index (χ3n) is 3.21. The van der Waals surface area contributed by atoms with Crippen molar-refractivity contribution in [2.24, 2.45) is 0 Å². The van der Waals surface area contributed by atoms with E-state index in [-0.39, 0.29) is 6.09 Å². The number of hydrogen-bond acceptors (Lipinski definition) is 5. The fourth-order valence-electron chi connectivity index (χ4n) is 2.05. The smallest absolute Gasteiger partial charge is 0.410 e. The molecule has 0 bridgehead atoms. The number of rotatable bonds is 2. The number of carbonyl (C=O) groups is 1. The summed E-state index contributed by atoms with van der Waals surface area (Å²) >= 11 is 7.82. The predicted molar refractivity (Wildman–Crippen MR) is 73.7 cm³/mol. The average molecular weight is 298 g/mol. The standard InChI is InChI=1S/C12H12ClN3O2S/c1-6-7(2)19-11-9(6)10(13)14-8(15-11)5-16-3-4-18-12(16)17/h3-5H2,1-2H3. The molecule has 0 aliphatic carbocycles. The Hall–Kier alpha value is -1.40. The number of hydrogen-bond donors (Lipinski definition) is 0. The molecule has 0 unspecified atom stereocenters. The monoisotopic (exact) mass is 297 g/mol. The SMILES string of the molecule is Cc1sc2nc(CN3CCOC3=O)nc(Cl)c2c1C. The van der Waals surface area contributed by atoms with Crippen LogP contribution in [0.3, 0.4) is 0 Å². The van der Waals surface area contributed by atoms with Crippen LogP contribution in [0.4, 0.5) is 4.79 Å². The van der Waals surface area contributed by atoms with Crippen LogP contribution >= 0.6 is 22.9 Å². The van der Waals surface area contributed by atoms with E-state index in [2.05, 4.69) is 9.97 Å². The van der Waals surface area contributed by atoms with Crippen LogP contribution in [0, 0.1) is 13.8 Å². The Labute approximate surface area is 119 Å². The summed E-state index contributed by atoms with van der Waals surface area (Å²) < 4.78 is 4.88. The number of carbonyl (C=O) groups excluding carboxylic acids is 1. The summed E-state index contributed by atoms with van der Waals surface area (Å²) in [7, 11) is 0. The zero-order chi connectivity index (χ0) is 13.6. The summed E-state index contributed by atoms with van der Waals surface area (Å²) in [6.07, 6.45) is -0.321. The van der Waals surface area contributed by atoms with E-state index in [1.54, 1.807) is 16.2 Å². The zero-order valence-electron chi connectivity index (χ0n) is 10.6. The molecule has 19 heavy (non-hydrogen) atoms. The number of fused-ring (bicyclic) bond motifs is 1. The Bertz CT molecular complexity index is 671. The van der Waals surface area contributed by atoms with Gasteiger partial charge in [-0.2, -0.15) is 0 Å². The van der Waals surface area contributed by atoms with Crippen LogP contribution in [0.1, 0.15) is 16.3 Å². The van der Waals surface area contributed by atoms with Gasteiger partial charge in [-0.1, -0.05) is 11.6 Å². The number of halogens is 1. The molecule has 2 aromatic rings. The van der Waals surface area contributed by atoms with Crippen LogP contribution in [0.25, 0.3) is 10.2 Å². The molecule has 100 valence electrons. The first-order valence-electron chi connectivity index (χ1n) is 5.90. The Morgan fingerprint density at radius 3 is 2.89 bits per heavy atom. The van der Waals surface area contributed by atoms with Gasteiger partial charge in [-0.3, -0.25) is 4.90 Å². The largest absolute Gasteiger partial charge is 0.448 e. The zero-order valence-corrected chi connectivity index (χ0v) is 12.1. The van der Waals surface area contributed by atoms with Gasteiger partial charge >= 0.3 is 6.09 Å². The highest BCUT2D eigenvalue weighted by molar-refractivity contribution is 7.18. The summed E-state index contributed by atoms with van der Waals surface area (Å²) in [4.78, 5) is 23.8. The van der Waals surface area contributed by atoms with E-state index >= 15 is 0 Å². The minimum Gasteiger partial charge on any atom is -0.448 e. The maximum absolute atomic E-state index is 11.4. The molecule has 1 amide bonds. The van der Waals surface area contributed by atoms with Crippen molar-refractivity contribution in [3.8, 4) is 0 Å². The second kappa shape index (κ2) is 4.61. The van der Waals surface area contributed by atoms with E-state index in [0.29, 0.717) is 30.7 Å². The van der Waals surface area contributed by atoms with Crippen LogP contribution in [0.15, 0.2) is 0 Å². The van der Waals surface area contributed by atoms with Crippen molar-refractivity contribution in [3.63, 3.8) is 0 Å². The highest BCUT2D eigenvalue weighted by Crippen LogP contribution is 2.33. The number of nitrogens with zero attached hydrogens (tertiary/aromatic N) is 3. The number of thiophene rings is 1. The van der Waals surface area contributed by atoms with Gasteiger partial charge in [-0.05, 0) is 19.4 Å². The molecule has 7 heteroatoms. The maximum Gasteiger partial charge on any atom is 0.410 e. The van der Waals surface area contributed by atoms with Crippen LogP contribution < -0.4 is 0 Å². The van der Waals surface area contributed by atoms with Gasteiger partial charge in [-0.15, -0.1) is 11.3 Å². The molecule has 0 atom stereocenters. The Kier molecular flexibility index (Phi) is 3.06. The minimum atomic E-state index is -0.321. The van der Waals surface area contributed by atoms with E-state index in [1.807, 2.05) is 13.8 Å². The molecular weight excluding hydrogens is 286 g/mol. The van der Waals surface area contributed by atoms with Crippen molar-refractivity contribution >= 4 is 39.2 Å². The third-order valence-corrected chi connectivity index (χ3v) is 4.58. The number of cyclic esters (lactones) is 1. The predicted octanol–water partition coefficient (Wildman–Crippen LogP) is 2.91. The lowest BCUT2D eigenvalue weighted by atomic mass is 10.2. The summed E-state index contributed by atoms with van der Waals surface area (Å²) in [5.41, 5.74) is 1.12. The molecule has 0 N–H and O–H groups in total. The summed E-state index contributed by atoms with van der Waals surface area (Å²) in [5.74, 6) is 0.553. The molecule has 0 saturated carbocycles. The van der Waals surface area contributed by atoms with Crippen molar-refractivity contribution in [3.05, 3.63) is 21.4 Å². The molecule has 0 spiro atoms. The number of ether oxygens (including phenoxy) is 1. The third kappa shape index (κ3) is 2.15. The number of amides is 1. The van der Waals surface area contributed by atoms with Crippen molar-refractivity contribution in [1.29, 1.82) is 0 Å². The lowest BCUT2D eigenvalue weighted by Crippen LogP contribution is -2.24. The Balaban J connectivity index is 1.99. The van der Waals surface area contributed by atoms with Gasteiger partial charge in [0.15, 0.2) is 5.82 Å². The molecule has 0 aromatic carbocycles. The quantitative estimate of drug-likeness (QED) is 0.800. The van der Waals surface area contributed by atoms with Crippen molar-refractivity contribution in [2.75, 3.05) is 13.2 Å². The molecule has 5 nitrogen and oxygen atoms in total. The van der Waals surface area contributed by atoms with Crippen LogP contribution in [0.2, 0.25) is 5.15 Å². The second-order valence-corrected chi connectivity index (χ2v) is 5.99. The van der Waals surface area contributed by atoms with Crippen LogP contribution in [0.5, 0.6) is 0 Å². The molecule has 3 rings (SSSR count). The van der Waals surface area contributed by atoms with Gasteiger partial charge in [0.05, 0.1) is 18.5 Å². The topological polar surface area (TPSA) is 55.3 Å². The van der Waals surface area contributed by atoms with Gasteiger partial charge in [0, 0.05) is 4.88 Å². The number of aromatic nitrogens is 2. The highest BCUT2D eigenvalue weighted by atomic mass is 35.5. The van der Waals surface area contributed by atoms with Gasteiger partial charge < -0.3 is 4.74 Å². The van der Waals surface area contributed by atoms with Gasteiger partial charge in [0.2, 0.25) is 0 Å². The summed E-state index contributed by atoms with van der Waals surface area (Å²) in [5, 5.41) is 1.37. The van der Waals surface area contributed by atoms with Gasteiger partial charge in [0.25, 0.3) is 0 Å². The Morgan fingerprint density at radius 1 is 1.42 bits per heavy atom. The van der Waals surface area contributed by atoms with E-state index in [9.17, 15) is 4.79 Å². The van der Waals surface area contributed by atoms with Crippen molar-refractivity contribution < 1.29 is 9.53 Å². The summed E-state index contributed by atoms with van der Waals surface area (Å²) in [6.45, 7) is 5.38. The maximum atomic E-state index is 11.4. The number of aryl methyl sites for hydroxylation is 2. The average Bonchev–Trinajstić information content (AvgIpc) is 2.85. The van der Waals surface area contributed by atoms with E-state index < -0.39 is 0 Å². The molecule has 1 aliphatic rings. The molecule has 3 heterocycles. The van der Waals surface area contributed by atoms with Crippen molar-refractivity contribution in [1.82, 2.24) is 14.9 Å². The summed E-state index contributed by atoms with van der Waals surface area (Å²) in [6, 6.07) is 0. The molecule has 2 aromatic heterocycles. The first kappa shape index (κ1) is 12.6. The Morgan fingerprint density at radius 2 is 2.21 bits per heavy atom. The lowest BCUT2D eigenvalue weighted by molar-refractivity contribution is 0.156.